The van der Waals surface area contributed by atoms with Crippen molar-refractivity contribution in [3.63, 3.8) is 0 Å². The number of hydrogen-bond acceptors (Lipinski definition) is 2. The molecule has 4 aromatic rings. The Morgan fingerprint density at radius 2 is 1.69 bits per heavy atom. The smallest absolute Gasteiger partial charge is 0.254 e. The van der Waals surface area contributed by atoms with Crippen molar-refractivity contribution in [3.05, 3.63) is 112 Å². The predicted molar refractivity (Wildman–Crippen MR) is 118 cm³/mol. The van der Waals surface area contributed by atoms with Crippen LogP contribution in [0.25, 0.3) is 10.8 Å². The molecule has 3 aromatic carbocycles. The fourth-order valence-electron chi connectivity index (χ4n) is 3.27. The van der Waals surface area contributed by atoms with Crippen LogP contribution in [0, 0.1) is 0 Å². The average molecular weight is 421 g/mol. The monoisotopic (exact) mass is 420 g/mol. The van der Waals surface area contributed by atoms with Gasteiger partial charge in [0, 0.05) is 41.1 Å². The summed E-state index contributed by atoms with van der Waals surface area (Å²) < 4.78 is 0. The third-order valence-electron chi connectivity index (χ3n) is 4.76. The molecule has 0 aliphatic carbocycles. The summed E-state index contributed by atoms with van der Waals surface area (Å²) in [6.07, 6.45) is 3.49. The Labute approximate surface area is 179 Å². The molecule has 0 aliphatic rings. The lowest BCUT2D eigenvalue weighted by atomic mass is 10.1. The lowest BCUT2D eigenvalue weighted by Gasteiger charge is -2.24. The van der Waals surface area contributed by atoms with Gasteiger partial charge in [0.1, 0.15) is 0 Å². The quantitative estimate of drug-likeness (QED) is 0.374. The third kappa shape index (κ3) is 4.58. The molecule has 0 radical (unpaired) electrons. The lowest BCUT2D eigenvalue weighted by Crippen LogP contribution is -2.30. The SMILES string of the molecule is O=C(c1ccc2ccccc2c1)N(Cc1cccnc1)Cc1ccc(Cl)cc1Cl. The van der Waals surface area contributed by atoms with Crippen LogP contribution >= 0.6 is 23.2 Å². The van der Waals surface area contributed by atoms with Crippen LogP contribution in [-0.2, 0) is 13.1 Å². The van der Waals surface area contributed by atoms with Gasteiger partial charge in [-0.2, -0.15) is 0 Å². The zero-order valence-corrected chi connectivity index (χ0v) is 17.1. The highest BCUT2D eigenvalue weighted by molar-refractivity contribution is 6.35. The number of rotatable bonds is 5. The van der Waals surface area contributed by atoms with E-state index in [2.05, 4.69) is 4.98 Å². The summed E-state index contributed by atoms with van der Waals surface area (Å²) >= 11 is 12.4. The molecule has 0 unspecified atom stereocenters. The summed E-state index contributed by atoms with van der Waals surface area (Å²) in [5, 5.41) is 3.24. The topological polar surface area (TPSA) is 33.2 Å². The van der Waals surface area contributed by atoms with E-state index in [1.54, 1.807) is 29.4 Å². The Balaban J connectivity index is 1.68. The van der Waals surface area contributed by atoms with Crippen molar-refractivity contribution in [1.82, 2.24) is 9.88 Å². The van der Waals surface area contributed by atoms with E-state index < -0.39 is 0 Å². The van der Waals surface area contributed by atoms with Gasteiger partial charge in [0.25, 0.3) is 5.91 Å². The predicted octanol–water partition coefficient (Wildman–Crippen LogP) is 6.38. The van der Waals surface area contributed by atoms with Crippen LogP contribution in [0.3, 0.4) is 0 Å². The average Bonchev–Trinajstić information content (AvgIpc) is 2.75. The summed E-state index contributed by atoms with van der Waals surface area (Å²) in [6.45, 7) is 0.801. The second kappa shape index (κ2) is 8.64. The maximum atomic E-state index is 13.4. The van der Waals surface area contributed by atoms with E-state index in [9.17, 15) is 4.79 Å². The Hall–Kier alpha value is -2.88. The van der Waals surface area contributed by atoms with E-state index in [0.29, 0.717) is 28.7 Å². The highest BCUT2D eigenvalue weighted by atomic mass is 35.5. The molecule has 0 bridgehead atoms. The van der Waals surface area contributed by atoms with Crippen LogP contribution in [0.5, 0.6) is 0 Å². The molecule has 0 saturated carbocycles. The summed E-state index contributed by atoms with van der Waals surface area (Å²) in [5.41, 5.74) is 2.43. The normalized spacial score (nSPS) is 10.8. The minimum absolute atomic E-state index is 0.0642. The van der Waals surface area contributed by atoms with E-state index in [0.717, 1.165) is 21.9 Å². The van der Waals surface area contributed by atoms with Crippen LogP contribution in [0.15, 0.2) is 85.2 Å². The Kier molecular flexibility index (Phi) is 5.79. The molecule has 144 valence electrons. The van der Waals surface area contributed by atoms with Gasteiger partial charge in [0.2, 0.25) is 0 Å². The van der Waals surface area contributed by atoms with Gasteiger partial charge in [-0.15, -0.1) is 0 Å². The van der Waals surface area contributed by atoms with Gasteiger partial charge in [0.15, 0.2) is 0 Å². The summed E-state index contributed by atoms with van der Waals surface area (Å²) in [6, 6.07) is 22.9. The fourth-order valence-corrected chi connectivity index (χ4v) is 3.74. The standard InChI is InChI=1S/C24H18Cl2N2O/c25-22-10-9-21(23(26)13-22)16-28(15-17-4-3-11-27-14-17)24(29)20-8-7-18-5-1-2-6-19(18)12-20/h1-14H,15-16H2. The molecule has 0 atom stereocenters. The molecule has 1 aromatic heterocycles. The first-order valence-electron chi connectivity index (χ1n) is 9.21. The molecule has 0 saturated heterocycles. The first-order chi connectivity index (χ1) is 14.1. The maximum absolute atomic E-state index is 13.4. The van der Waals surface area contributed by atoms with Gasteiger partial charge < -0.3 is 4.90 Å². The minimum atomic E-state index is -0.0642. The number of carbonyl (C=O) groups is 1. The highest BCUT2D eigenvalue weighted by Gasteiger charge is 2.18. The van der Waals surface area contributed by atoms with Crippen molar-refractivity contribution < 1.29 is 4.79 Å². The van der Waals surface area contributed by atoms with Gasteiger partial charge in [-0.25, -0.2) is 0 Å². The second-order valence-electron chi connectivity index (χ2n) is 6.82. The number of nitrogens with zero attached hydrogens (tertiary/aromatic N) is 2. The second-order valence-corrected chi connectivity index (χ2v) is 7.66. The Bertz CT molecular complexity index is 1160. The molecule has 3 nitrogen and oxygen atoms in total. The van der Waals surface area contributed by atoms with Gasteiger partial charge in [0.05, 0.1) is 0 Å². The molecule has 5 heteroatoms. The number of carbonyl (C=O) groups excluding carboxylic acids is 1. The molecule has 0 aliphatic heterocycles. The fraction of sp³-hybridized carbons (Fsp3) is 0.0833. The number of hydrogen-bond donors (Lipinski definition) is 0. The number of aromatic nitrogens is 1. The van der Waals surface area contributed by atoms with Gasteiger partial charge >= 0.3 is 0 Å². The largest absolute Gasteiger partial charge is 0.330 e. The third-order valence-corrected chi connectivity index (χ3v) is 5.34. The van der Waals surface area contributed by atoms with Crippen molar-refractivity contribution in [2.24, 2.45) is 0 Å². The number of pyridine rings is 1. The molecule has 0 N–H and O–H groups in total. The van der Waals surface area contributed by atoms with Crippen molar-refractivity contribution in [2.75, 3.05) is 0 Å². The van der Waals surface area contributed by atoms with Crippen LogP contribution < -0.4 is 0 Å². The first kappa shape index (κ1) is 19.4. The Morgan fingerprint density at radius 3 is 2.45 bits per heavy atom. The molecule has 1 amide bonds. The summed E-state index contributed by atoms with van der Waals surface area (Å²) in [5.74, 6) is -0.0642. The minimum Gasteiger partial charge on any atom is -0.330 e. The molecular formula is C24H18Cl2N2O. The summed E-state index contributed by atoms with van der Waals surface area (Å²) in [7, 11) is 0. The number of benzene rings is 3. The molecule has 1 heterocycles. The number of halogens is 2. The van der Waals surface area contributed by atoms with Crippen LogP contribution in [0.2, 0.25) is 10.0 Å². The van der Waals surface area contributed by atoms with Crippen LogP contribution in [0.1, 0.15) is 21.5 Å². The maximum Gasteiger partial charge on any atom is 0.254 e. The zero-order chi connectivity index (χ0) is 20.2. The highest BCUT2D eigenvalue weighted by Crippen LogP contribution is 2.24. The van der Waals surface area contributed by atoms with Gasteiger partial charge in [-0.05, 0) is 52.2 Å². The van der Waals surface area contributed by atoms with Crippen molar-refractivity contribution in [1.29, 1.82) is 0 Å². The molecule has 0 spiro atoms. The van der Waals surface area contributed by atoms with Crippen molar-refractivity contribution in [3.8, 4) is 0 Å². The summed E-state index contributed by atoms with van der Waals surface area (Å²) in [4.78, 5) is 19.4. The number of fused-ring (bicyclic) bond motifs is 1. The Morgan fingerprint density at radius 1 is 0.862 bits per heavy atom. The number of amides is 1. The van der Waals surface area contributed by atoms with E-state index in [-0.39, 0.29) is 5.91 Å². The molecule has 29 heavy (non-hydrogen) atoms. The lowest BCUT2D eigenvalue weighted by molar-refractivity contribution is 0.0730. The first-order valence-corrected chi connectivity index (χ1v) is 9.97. The van der Waals surface area contributed by atoms with Crippen molar-refractivity contribution >= 4 is 39.9 Å². The van der Waals surface area contributed by atoms with E-state index >= 15 is 0 Å². The van der Waals surface area contributed by atoms with Gasteiger partial charge in [-0.3, -0.25) is 9.78 Å². The van der Waals surface area contributed by atoms with E-state index in [1.807, 2.05) is 60.7 Å². The molecular weight excluding hydrogens is 403 g/mol. The van der Waals surface area contributed by atoms with Crippen LogP contribution in [-0.4, -0.2) is 15.8 Å². The molecule has 0 fully saturated rings. The zero-order valence-electron chi connectivity index (χ0n) is 15.6. The van der Waals surface area contributed by atoms with E-state index in [4.69, 9.17) is 23.2 Å². The van der Waals surface area contributed by atoms with E-state index in [1.165, 1.54) is 0 Å². The molecule has 4 rings (SSSR count). The van der Waals surface area contributed by atoms with Gasteiger partial charge in [-0.1, -0.05) is 65.7 Å². The van der Waals surface area contributed by atoms with Crippen LogP contribution in [0.4, 0.5) is 0 Å². The van der Waals surface area contributed by atoms with Crippen molar-refractivity contribution in [2.45, 2.75) is 13.1 Å².